The summed E-state index contributed by atoms with van der Waals surface area (Å²) in [5, 5.41) is 0. The zero-order valence-corrected chi connectivity index (χ0v) is 13.1. The van der Waals surface area contributed by atoms with E-state index in [1.54, 1.807) is 25.1 Å². The summed E-state index contributed by atoms with van der Waals surface area (Å²) >= 11 is 0. The van der Waals surface area contributed by atoms with E-state index in [-0.39, 0.29) is 10.8 Å². The van der Waals surface area contributed by atoms with Crippen LogP contribution in [0.2, 0.25) is 0 Å². The maximum Gasteiger partial charge on any atom is 0.266 e. The highest BCUT2D eigenvalue weighted by Crippen LogP contribution is 2.20. The second kappa shape index (κ2) is 6.22. The molecule has 20 heavy (non-hydrogen) atoms. The molecule has 0 aliphatic rings. The molecule has 5 heteroatoms. The minimum Gasteiger partial charge on any atom is -0.273 e. The van der Waals surface area contributed by atoms with Crippen molar-refractivity contribution in [1.29, 1.82) is 0 Å². The van der Waals surface area contributed by atoms with Gasteiger partial charge in [-0.3, -0.25) is 4.79 Å². The molecule has 1 amide bonds. The molecule has 0 bridgehead atoms. The number of carbonyl (C=O) groups is 1. The smallest absolute Gasteiger partial charge is 0.266 e. The van der Waals surface area contributed by atoms with Crippen molar-refractivity contribution >= 4 is 15.9 Å². The SMILES string of the molecule is C=CC(C)C(C)C(=O)N(C)S(=O)(=O)c1ccc(C)cc1. The number of carbonyl (C=O) groups excluding carboxylic acids is 1. The van der Waals surface area contributed by atoms with Gasteiger partial charge in [-0.2, -0.15) is 0 Å². The molecule has 0 radical (unpaired) electrons. The van der Waals surface area contributed by atoms with E-state index >= 15 is 0 Å². The number of sulfonamides is 1. The average Bonchev–Trinajstić information content (AvgIpc) is 2.44. The lowest BCUT2D eigenvalue weighted by molar-refractivity contribution is -0.130. The third kappa shape index (κ3) is 3.28. The molecule has 0 spiro atoms. The van der Waals surface area contributed by atoms with E-state index in [0.717, 1.165) is 9.87 Å². The van der Waals surface area contributed by atoms with E-state index in [1.165, 1.54) is 19.2 Å². The van der Waals surface area contributed by atoms with Crippen LogP contribution in [-0.4, -0.2) is 25.7 Å². The topological polar surface area (TPSA) is 54.5 Å². The van der Waals surface area contributed by atoms with Gasteiger partial charge in [0.2, 0.25) is 5.91 Å². The second-order valence-electron chi connectivity index (χ2n) is 5.01. The highest BCUT2D eigenvalue weighted by atomic mass is 32.2. The van der Waals surface area contributed by atoms with E-state index in [0.29, 0.717) is 0 Å². The van der Waals surface area contributed by atoms with Crippen molar-refractivity contribution in [3.8, 4) is 0 Å². The Kier molecular flexibility index (Phi) is 5.11. The Balaban J connectivity index is 3.06. The summed E-state index contributed by atoms with van der Waals surface area (Å²) in [5.41, 5.74) is 0.964. The average molecular weight is 295 g/mol. The van der Waals surface area contributed by atoms with E-state index in [2.05, 4.69) is 6.58 Å². The molecule has 1 aromatic carbocycles. The van der Waals surface area contributed by atoms with Crippen LogP contribution in [0.4, 0.5) is 0 Å². The van der Waals surface area contributed by atoms with Gasteiger partial charge in [-0.15, -0.1) is 6.58 Å². The molecule has 0 aromatic heterocycles. The number of hydrogen-bond donors (Lipinski definition) is 0. The number of hydrogen-bond acceptors (Lipinski definition) is 3. The summed E-state index contributed by atoms with van der Waals surface area (Å²) in [4.78, 5) is 12.4. The van der Waals surface area contributed by atoms with Crippen LogP contribution in [0.15, 0.2) is 41.8 Å². The molecule has 4 nitrogen and oxygen atoms in total. The molecule has 2 unspecified atom stereocenters. The van der Waals surface area contributed by atoms with Gasteiger partial charge in [-0.05, 0) is 25.0 Å². The quantitative estimate of drug-likeness (QED) is 0.785. The maximum atomic E-state index is 12.4. The molecule has 0 aliphatic heterocycles. The van der Waals surface area contributed by atoms with E-state index in [9.17, 15) is 13.2 Å². The molecule has 0 saturated heterocycles. The van der Waals surface area contributed by atoms with Gasteiger partial charge >= 0.3 is 0 Å². The normalized spacial score (nSPS) is 14.4. The third-order valence-electron chi connectivity index (χ3n) is 3.54. The first kappa shape index (κ1) is 16.4. The summed E-state index contributed by atoms with van der Waals surface area (Å²) < 4.78 is 25.6. The first-order valence-electron chi connectivity index (χ1n) is 6.43. The zero-order chi connectivity index (χ0) is 15.5. The molecule has 1 aromatic rings. The fourth-order valence-electron chi connectivity index (χ4n) is 1.70. The van der Waals surface area contributed by atoms with Crippen LogP contribution in [0.25, 0.3) is 0 Å². The molecule has 0 fully saturated rings. The van der Waals surface area contributed by atoms with Crippen molar-refractivity contribution in [3.63, 3.8) is 0 Å². The van der Waals surface area contributed by atoms with E-state index in [1.807, 2.05) is 13.8 Å². The lowest BCUT2D eigenvalue weighted by Gasteiger charge is -2.23. The van der Waals surface area contributed by atoms with Crippen LogP contribution in [0, 0.1) is 18.8 Å². The fourth-order valence-corrected chi connectivity index (χ4v) is 2.90. The Labute approximate surface area is 121 Å². The van der Waals surface area contributed by atoms with Crippen molar-refractivity contribution < 1.29 is 13.2 Å². The highest BCUT2D eigenvalue weighted by molar-refractivity contribution is 7.89. The van der Waals surface area contributed by atoms with Gasteiger partial charge < -0.3 is 0 Å². The summed E-state index contributed by atoms with van der Waals surface area (Å²) in [6.45, 7) is 9.05. The van der Waals surface area contributed by atoms with Crippen LogP contribution in [0.1, 0.15) is 19.4 Å². The summed E-state index contributed by atoms with van der Waals surface area (Å²) in [6, 6.07) is 6.44. The number of nitrogens with zero attached hydrogens (tertiary/aromatic N) is 1. The Morgan fingerprint density at radius 1 is 1.25 bits per heavy atom. The van der Waals surface area contributed by atoms with Gasteiger partial charge in [0.1, 0.15) is 0 Å². The third-order valence-corrected chi connectivity index (χ3v) is 5.31. The van der Waals surface area contributed by atoms with Crippen molar-refractivity contribution in [2.45, 2.75) is 25.7 Å². The molecule has 1 rings (SSSR count). The van der Waals surface area contributed by atoms with Gasteiger partial charge in [0.15, 0.2) is 0 Å². The molecule has 0 aliphatic carbocycles. The van der Waals surface area contributed by atoms with Crippen LogP contribution in [-0.2, 0) is 14.8 Å². The lowest BCUT2D eigenvalue weighted by Crippen LogP contribution is -2.38. The van der Waals surface area contributed by atoms with Crippen LogP contribution < -0.4 is 0 Å². The van der Waals surface area contributed by atoms with Gasteiger partial charge in [-0.1, -0.05) is 37.6 Å². The monoisotopic (exact) mass is 295 g/mol. The molecular weight excluding hydrogens is 274 g/mol. The van der Waals surface area contributed by atoms with Crippen molar-refractivity contribution in [2.75, 3.05) is 7.05 Å². The van der Waals surface area contributed by atoms with Crippen molar-refractivity contribution in [1.82, 2.24) is 4.31 Å². The van der Waals surface area contributed by atoms with Gasteiger partial charge in [-0.25, -0.2) is 12.7 Å². The Morgan fingerprint density at radius 3 is 2.20 bits per heavy atom. The van der Waals surface area contributed by atoms with Crippen molar-refractivity contribution in [2.24, 2.45) is 11.8 Å². The predicted molar refractivity (Wildman–Crippen MR) is 79.7 cm³/mol. The molecule has 0 N–H and O–H groups in total. The number of rotatable bonds is 5. The molecule has 0 heterocycles. The van der Waals surface area contributed by atoms with Crippen LogP contribution in [0.5, 0.6) is 0 Å². The van der Waals surface area contributed by atoms with Crippen LogP contribution >= 0.6 is 0 Å². The largest absolute Gasteiger partial charge is 0.273 e. The van der Waals surface area contributed by atoms with E-state index in [4.69, 9.17) is 0 Å². The summed E-state index contributed by atoms with van der Waals surface area (Å²) in [7, 11) is -2.50. The first-order chi connectivity index (χ1) is 9.21. The molecule has 110 valence electrons. The minimum absolute atomic E-state index is 0.0850. The van der Waals surface area contributed by atoms with Crippen molar-refractivity contribution in [3.05, 3.63) is 42.5 Å². The molecule has 0 saturated carbocycles. The molecule has 2 atom stereocenters. The fraction of sp³-hybridized carbons (Fsp3) is 0.400. The predicted octanol–water partition coefficient (Wildman–Crippen LogP) is 2.60. The maximum absolute atomic E-state index is 12.4. The van der Waals surface area contributed by atoms with Crippen LogP contribution in [0.3, 0.4) is 0 Å². The Hall–Kier alpha value is -1.62. The highest BCUT2D eigenvalue weighted by Gasteiger charge is 2.30. The van der Waals surface area contributed by atoms with Gasteiger partial charge in [0.05, 0.1) is 4.90 Å². The van der Waals surface area contributed by atoms with Gasteiger partial charge in [0, 0.05) is 13.0 Å². The second-order valence-corrected chi connectivity index (χ2v) is 6.98. The number of allylic oxidation sites excluding steroid dienone is 1. The first-order valence-corrected chi connectivity index (χ1v) is 7.87. The summed E-state index contributed by atoms with van der Waals surface area (Å²) in [5.74, 6) is -0.950. The number of benzene rings is 1. The number of amides is 1. The Bertz CT molecular complexity index is 590. The van der Waals surface area contributed by atoms with E-state index < -0.39 is 21.8 Å². The minimum atomic E-state index is -3.79. The number of aryl methyl sites for hydroxylation is 1. The zero-order valence-electron chi connectivity index (χ0n) is 12.3. The lowest BCUT2D eigenvalue weighted by atomic mass is 9.95. The Morgan fingerprint density at radius 2 is 1.75 bits per heavy atom. The standard InChI is InChI=1S/C15H21NO3S/c1-6-12(3)13(4)15(17)16(5)20(18,19)14-9-7-11(2)8-10-14/h6-10,12-13H,1H2,2-5H3. The summed E-state index contributed by atoms with van der Waals surface area (Å²) in [6.07, 6.45) is 1.65. The van der Waals surface area contributed by atoms with Gasteiger partial charge in [0.25, 0.3) is 10.0 Å². The molecular formula is C15H21NO3S.